The van der Waals surface area contributed by atoms with E-state index in [1.54, 1.807) is 48.4 Å². The van der Waals surface area contributed by atoms with Gasteiger partial charge < -0.3 is 14.4 Å². The van der Waals surface area contributed by atoms with Crippen LogP contribution in [0.2, 0.25) is 0 Å². The number of carbonyl (C=O) groups is 1. The molecule has 9 heteroatoms. The second-order valence-corrected chi connectivity index (χ2v) is 7.76. The first-order valence-electron chi connectivity index (χ1n) is 9.25. The Morgan fingerprint density at radius 3 is 2.57 bits per heavy atom. The van der Waals surface area contributed by atoms with Crippen LogP contribution in [0.1, 0.15) is 6.42 Å². The van der Waals surface area contributed by atoms with Crippen LogP contribution in [0.3, 0.4) is 0 Å². The van der Waals surface area contributed by atoms with Gasteiger partial charge in [0.1, 0.15) is 22.8 Å². The number of amides is 1. The highest BCUT2D eigenvalue weighted by Crippen LogP contribution is 2.30. The Morgan fingerprint density at radius 1 is 1.13 bits per heavy atom. The highest BCUT2D eigenvalue weighted by molar-refractivity contribution is 7.22. The zero-order valence-corrected chi connectivity index (χ0v) is 18.8. The number of thiazole rings is 1. The molecule has 0 aliphatic carbocycles. The molecule has 30 heavy (non-hydrogen) atoms. The molecule has 0 fully saturated rings. The Hall–Kier alpha value is -2.42. The number of ether oxygens (including phenoxy) is 2. The van der Waals surface area contributed by atoms with Crippen molar-refractivity contribution in [1.82, 2.24) is 9.88 Å². The van der Waals surface area contributed by atoms with E-state index in [0.29, 0.717) is 27.9 Å². The van der Waals surface area contributed by atoms with Crippen LogP contribution in [-0.2, 0) is 4.79 Å². The number of para-hydroxylation sites is 1. The maximum absolute atomic E-state index is 14.1. The Labute approximate surface area is 185 Å². The highest BCUT2D eigenvalue weighted by atomic mass is 35.5. The molecule has 0 radical (unpaired) electrons. The SMILES string of the molecule is COc1cccc(OCC(=O)N(CCCN(C)C)c2nc3c(F)cccc3s2)c1.Cl. The summed E-state index contributed by atoms with van der Waals surface area (Å²) in [5, 5.41) is 0.475. The van der Waals surface area contributed by atoms with Gasteiger partial charge in [0.2, 0.25) is 0 Å². The van der Waals surface area contributed by atoms with Crippen molar-refractivity contribution in [2.24, 2.45) is 0 Å². The summed E-state index contributed by atoms with van der Waals surface area (Å²) in [5.41, 5.74) is 0.284. The van der Waals surface area contributed by atoms with Crippen molar-refractivity contribution in [3.05, 3.63) is 48.3 Å². The highest BCUT2D eigenvalue weighted by Gasteiger charge is 2.21. The van der Waals surface area contributed by atoms with Gasteiger partial charge in [-0.05, 0) is 51.3 Å². The van der Waals surface area contributed by atoms with E-state index in [0.717, 1.165) is 13.0 Å². The summed E-state index contributed by atoms with van der Waals surface area (Å²) < 4.78 is 25.6. The van der Waals surface area contributed by atoms with Crippen LogP contribution in [0.15, 0.2) is 42.5 Å². The predicted molar refractivity (Wildman–Crippen MR) is 121 cm³/mol. The van der Waals surface area contributed by atoms with E-state index in [4.69, 9.17) is 9.47 Å². The number of nitrogens with zero attached hydrogens (tertiary/aromatic N) is 3. The minimum atomic E-state index is -0.390. The van der Waals surface area contributed by atoms with Crippen molar-refractivity contribution in [3.63, 3.8) is 0 Å². The molecule has 162 valence electrons. The molecule has 3 rings (SSSR count). The molecule has 1 heterocycles. The zero-order valence-electron chi connectivity index (χ0n) is 17.1. The molecule has 0 saturated heterocycles. The van der Waals surface area contributed by atoms with Crippen molar-refractivity contribution in [1.29, 1.82) is 0 Å². The molecule has 0 unspecified atom stereocenters. The van der Waals surface area contributed by atoms with E-state index in [9.17, 15) is 9.18 Å². The third-order valence-corrected chi connectivity index (χ3v) is 5.32. The molecule has 0 N–H and O–H groups in total. The predicted octanol–water partition coefficient (Wildman–Crippen LogP) is 4.23. The zero-order chi connectivity index (χ0) is 20.8. The van der Waals surface area contributed by atoms with Crippen LogP contribution in [0.5, 0.6) is 11.5 Å². The summed E-state index contributed by atoms with van der Waals surface area (Å²) in [5.74, 6) is 0.574. The lowest BCUT2D eigenvalue weighted by Crippen LogP contribution is -2.36. The fraction of sp³-hybridized carbons (Fsp3) is 0.333. The fourth-order valence-corrected chi connectivity index (χ4v) is 3.83. The third kappa shape index (κ3) is 6.04. The van der Waals surface area contributed by atoms with Gasteiger partial charge in [-0.1, -0.05) is 23.5 Å². The van der Waals surface area contributed by atoms with Crippen LogP contribution in [0, 0.1) is 5.82 Å². The lowest BCUT2D eigenvalue weighted by molar-refractivity contribution is -0.120. The molecular formula is C21H25ClFN3O3S. The molecule has 3 aromatic rings. The van der Waals surface area contributed by atoms with Crippen molar-refractivity contribution in [3.8, 4) is 11.5 Å². The van der Waals surface area contributed by atoms with E-state index < -0.39 is 5.82 Å². The minimum Gasteiger partial charge on any atom is -0.497 e. The van der Waals surface area contributed by atoms with Gasteiger partial charge in [0, 0.05) is 12.6 Å². The molecule has 2 aromatic carbocycles. The van der Waals surface area contributed by atoms with Gasteiger partial charge in [-0.2, -0.15) is 0 Å². The monoisotopic (exact) mass is 453 g/mol. The number of methoxy groups -OCH3 is 1. The number of hydrogen-bond donors (Lipinski definition) is 0. The fourth-order valence-electron chi connectivity index (χ4n) is 2.80. The van der Waals surface area contributed by atoms with Gasteiger partial charge in [0.25, 0.3) is 5.91 Å². The van der Waals surface area contributed by atoms with Crippen molar-refractivity contribution in [2.75, 3.05) is 45.8 Å². The van der Waals surface area contributed by atoms with E-state index >= 15 is 0 Å². The second kappa shape index (κ2) is 11.1. The van der Waals surface area contributed by atoms with Gasteiger partial charge in [-0.15, -0.1) is 12.4 Å². The molecule has 1 amide bonds. The molecule has 0 bridgehead atoms. The van der Waals surface area contributed by atoms with Crippen molar-refractivity contribution < 1.29 is 18.7 Å². The van der Waals surface area contributed by atoms with E-state index in [-0.39, 0.29) is 30.4 Å². The van der Waals surface area contributed by atoms with Crippen molar-refractivity contribution >= 4 is 45.0 Å². The molecule has 6 nitrogen and oxygen atoms in total. The second-order valence-electron chi connectivity index (χ2n) is 6.75. The Morgan fingerprint density at radius 2 is 1.87 bits per heavy atom. The van der Waals surface area contributed by atoms with Gasteiger partial charge >= 0.3 is 0 Å². The number of anilines is 1. The van der Waals surface area contributed by atoms with Gasteiger partial charge in [0.05, 0.1) is 11.8 Å². The van der Waals surface area contributed by atoms with Crippen LogP contribution in [0.4, 0.5) is 9.52 Å². The largest absolute Gasteiger partial charge is 0.497 e. The number of fused-ring (bicyclic) bond motifs is 1. The molecule has 0 saturated carbocycles. The molecule has 0 aliphatic heterocycles. The summed E-state index contributed by atoms with van der Waals surface area (Å²) >= 11 is 1.30. The Kier molecular flexibility index (Phi) is 8.83. The van der Waals surface area contributed by atoms with Crippen LogP contribution in [-0.4, -0.2) is 56.7 Å². The Balaban J connectivity index is 0.00000320. The maximum Gasteiger partial charge on any atom is 0.266 e. The van der Waals surface area contributed by atoms with Crippen LogP contribution in [0.25, 0.3) is 10.2 Å². The minimum absolute atomic E-state index is 0. The van der Waals surface area contributed by atoms with Gasteiger partial charge in [0.15, 0.2) is 11.7 Å². The molecular weight excluding hydrogens is 429 g/mol. The quantitative estimate of drug-likeness (QED) is 0.485. The van der Waals surface area contributed by atoms with Crippen molar-refractivity contribution in [2.45, 2.75) is 6.42 Å². The first-order chi connectivity index (χ1) is 14.0. The van der Waals surface area contributed by atoms with Gasteiger partial charge in [-0.25, -0.2) is 9.37 Å². The number of hydrogen-bond acceptors (Lipinski definition) is 6. The number of benzene rings is 2. The summed E-state index contributed by atoms with van der Waals surface area (Å²) in [6, 6.07) is 11.9. The van der Waals surface area contributed by atoms with E-state index in [1.807, 2.05) is 19.0 Å². The standard InChI is InChI=1S/C21H24FN3O3S.ClH/c1-24(2)11-6-12-25(21-23-20-17(22)9-5-10-18(20)29-21)19(26)14-28-16-8-4-7-15(13-16)27-3;/h4-5,7-10,13H,6,11-12,14H2,1-3H3;1H. The number of carbonyl (C=O) groups excluding carboxylic acids is 1. The number of rotatable bonds is 9. The average Bonchev–Trinajstić information content (AvgIpc) is 3.14. The number of halogens is 2. The molecule has 0 spiro atoms. The number of aromatic nitrogens is 1. The first-order valence-corrected chi connectivity index (χ1v) is 10.1. The lowest BCUT2D eigenvalue weighted by atomic mass is 10.3. The summed E-state index contributed by atoms with van der Waals surface area (Å²) in [4.78, 5) is 20.9. The molecule has 0 atom stereocenters. The van der Waals surface area contributed by atoms with E-state index in [2.05, 4.69) is 4.98 Å². The lowest BCUT2D eigenvalue weighted by Gasteiger charge is -2.21. The molecule has 1 aromatic heterocycles. The van der Waals surface area contributed by atoms with Crippen LogP contribution >= 0.6 is 23.7 Å². The summed E-state index contributed by atoms with van der Waals surface area (Å²) in [6.45, 7) is 1.15. The van der Waals surface area contributed by atoms with Crippen LogP contribution < -0.4 is 14.4 Å². The third-order valence-electron chi connectivity index (χ3n) is 4.28. The normalized spacial score (nSPS) is 10.7. The first kappa shape index (κ1) is 23.9. The molecule has 0 aliphatic rings. The average molecular weight is 454 g/mol. The Bertz CT molecular complexity index is 983. The summed E-state index contributed by atoms with van der Waals surface area (Å²) in [7, 11) is 5.53. The smallest absolute Gasteiger partial charge is 0.266 e. The van der Waals surface area contributed by atoms with E-state index in [1.165, 1.54) is 17.4 Å². The van der Waals surface area contributed by atoms with Gasteiger partial charge in [-0.3, -0.25) is 9.69 Å². The topological polar surface area (TPSA) is 54.9 Å². The maximum atomic E-state index is 14.1. The summed E-state index contributed by atoms with van der Waals surface area (Å²) in [6.07, 6.45) is 0.760.